The molecule has 166 valence electrons. The molecule has 0 radical (unpaired) electrons. The van der Waals surface area contributed by atoms with Crippen molar-refractivity contribution in [3.8, 4) is 17.6 Å². The Morgan fingerprint density at radius 2 is 1.64 bits per heavy atom. The minimum absolute atomic E-state index is 0.0671. The first-order valence-corrected chi connectivity index (χ1v) is 10.2. The van der Waals surface area contributed by atoms with E-state index >= 15 is 0 Å². The summed E-state index contributed by atoms with van der Waals surface area (Å²) in [4.78, 5) is 25.0. The number of hydrogen-bond acceptors (Lipinski definition) is 5. The van der Waals surface area contributed by atoms with E-state index in [2.05, 4.69) is 10.6 Å². The van der Waals surface area contributed by atoms with Gasteiger partial charge in [-0.1, -0.05) is 12.1 Å². The minimum atomic E-state index is -0.533. The van der Waals surface area contributed by atoms with Crippen molar-refractivity contribution in [1.82, 2.24) is 0 Å². The fourth-order valence-electron chi connectivity index (χ4n) is 2.97. The Morgan fingerprint density at radius 1 is 0.939 bits per heavy atom. The van der Waals surface area contributed by atoms with E-state index in [1.807, 2.05) is 13.0 Å². The van der Waals surface area contributed by atoms with Crippen LogP contribution in [0.1, 0.15) is 22.8 Å². The number of nitrogens with one attached hydrogen (secondary N) is 2. The lowest BCUT2D eigenvalue weighted by Crippen LogP contribution is -2.13. The van der Waals surface area contributed by atoms with Crippen LogP contribution in [0.15, 0.2) is 78.4 Å². The number of hydrogen-bond donors (Lipinski definition) is 2. The predicted molar refractivity (Wildman–Crippen MR) is 127 cm³/mol. The molecule has 3 aromatic carbocycles. The van der Waals surface area contributed by atoms with Crippen LogP contribution in [0.3, 0.4) is 0 Å². The number of anilines is 2. The summed E-state index contributed by atoms with van der Waals surface area (Å²) >= 11 is 0. The molecule has 33 heavy (non-hydrogen) atoms. The zero-order valence-corrected chi connectivity index (χ0v) is 18.3. The highest BCUT2D eigenvalue weighted by Gasteiger charge is 2.11. The van der Waals surface area contributed by atoms with Gasteiger partial charge in [0.1, 0.15) is 23.1 Å². The molecule has 0 bridgehead atoms. The summed E-state index contributed by atoms with van der Waals surface area (Å²) in [5.74, 6) is 0.535. The molecule has 0 heterocycles. The molecule has 0 saturated carbocycles. The third-order valence-corrected chi connectivity index (χ3v) is 4.60. The van der Waals surface area contributed by atoms with Gasteiger partial charge in [0.2, 0.25) is 0 Å². The first-order valence-electron chi connectivity index (χ1n) is 10.2. The van der Waals surface area contributed by atoms with E-state index in [0.717, 1.165) is 0 Å². The van der Waals surface area contributed by atoms with Crippen molar-refractivity contribution < 1.29 is 19.1 Å². The van der Waals surface area contributed by atoms with Crippen LogP contribution in [0, 0.1) is 11.3 Å². The van der Waals surface area contributed by atoms with Crippen molar-refractivity contribution in [3.63, 3.8) is 0 Å². The molecule has 0 unspecified atom stereocenters. The van der Waals surface area contributed by atoms with Gasteiger partial charge >= 0.3 is 0 Å². The quantitative estimate of drug-likeness (QED) is 0.383. The monoisotopic (exact) mass is 441 g/mol. The summed E-state index contributed by atoms with van der Waals surface area (Å²) in [6, 6.07) is 22.4. The topological polar surface area (TPSA) is 100 Å². The number of methoxy groups -OCH3 is 1. The van der Waals surface area contributed by atoms with Gasteiger partial charge in [0.15, 0.2) is 0 Å². The van der Waals surface area contributed by atoms with Crippen molar-refractivity contribution >= 4 is 29.3 Å². The standard InChI is InChI=1S/C26H23N3O4/c1-3-33-24-13-9-21(10-14-24)28-26(31)20(17-27)15-18-5-4-6-22(16-18)29-25(30)19-7-11-23(32-2)12-8-19/h4-16H,3H2,1-2H3,(H,28,31)(H,29,30)/b20-15+. The summed E-state index contributed by atoms with van der Waals surface area (Å²) in [6.07, 6.45) is 1.47. The Labute approximate surface area is 192 Å². The van der Waals surface area contributed by atoms with Crippen LogP contribution in [0.5, 0.6) is 11.5 Å². The molecular formula is C26H23N3O4. The van der Waals surface area contributed by atoms with Crippen LogP contribution >= 0.6 is 0 Å². The maximum Gasteiger partial charge on any atom is 0.266 e. The van der Waals surface area contributed by atoms with Crippen molar-refractivity contribution in [3.05, 3.63) is 89.5 Å². The lowest BCUT2D eigenvalue weighted by atomic mass is 10.1. The number of ether oxygens (including phenoxy) is 2. The lowest BCUT2D eigenvalue weighted by Gasteiger charge is -2.08. The van der Waals surface area contributed by atoms with Gasteiger partial charge in [0.05, 0.1) is 13.7 Å². The van der Waals surface area contributed by atoms with Gasteiger partial charge in [-0.2, -0.15) is 5.26 Å². The van der Waals surface area contributed by atoms with Crippen LogP contribution in [0.4, 0.5) is 11.4 Å². The summed E-state index contributed by atoms with van der Waals surface area (Å²) in [5.41, 5.74) is 2.09. The lowest BCUT2D eigenvalue weighted by molar-refractivity contribution is -0.112. The average Bonchev–Trinajstić information content (AvgIpc) is 2.84. The summed E-state index contributed by atoms with van der Waals surface area (Å²) in [7, 11) is 1.56. The van der Waals surface area contributed by atoms with E-state index < -0.39 is 5.91 Å². The molecule has 3 rings (SSSR count). The minimum Gasteiger partial charge on any atom is -0.497 e. The van der Waals surface area contributed by atoms with Gasteiger partial charge in [-0.15, -0.1) is 0 Å². The van der Waals surface area contributed by atoms with Gasteiger partial charge in [0.25, 0.3) is 11.8 Å². The molecule has 0 atom stereocenters. The number of carbonyl (C=O) groups excluding carboxylic acids is 2. The highest BCUT2D eigenvalue weighted by atomic mass is 16.5. The molecule has 2 N–H and O–H groups in total. The van der Waals surface area contributed by atoms with Gasteiger partial charge < -0.3 is 20.1 Å². The highest BCUT2D eigenvalue weighted by molar-refractivity contribution is 6.10. The largest absolute Gasteiger partial charge is 0.497 e. The van der Waals surface area contributed by atoms with E-state index in [-0.39, 0.29) is 11.5 Å². The van der Waals surface area contributed by atoms with Crippen molar-refractivity contribution in [1.29, 1.82) is 5.26 Å². The summed E-state index contributed by atoms with van der Waals surface area (Å²) in [5, 5.41) is 15.0. The van der Waals surface area contributed by atoms with Crippen molar-refractivity contribution in [2.24, 2.45) is 0 Å². The molecule has 0 aliphatic carbocycles. The van der Waals surface area contributed by atoms with E-state index in [1.165, 1.54) is 6.08 Å². The second kappa shape index (κ2) is 11.2. The molecule has 0 aromatic heterocycles. The predicted octanol–water partition coefficient (Wildman–Crippen LogP) is 4.89. The maximum absolute atomic E-state index is 12.5. The smallest absolute Gasteiger partial charge is 0.266 e. The normalized spacial score (nSPS) is 10.6. The first-order chi connectivity index (χ1) is 16.0. The molecule has 0 spiro atoms. The molecule has 3 aromatic rings. The fourth-order valence-corrected chi connectivity index (χ4v) is 2.97. The summed E-state index contributed by atoms with van der Waals surface area (Å²) < 4.78 is 10.5. The molecule has 0 aliphatic heterocycles. The van der Waals surface area contributed by atoms with E-state index in [0.29, 0.717) is 40.6 Å². The summed E-state index contributed by atoms with van der Waals surface area (Å²) in [6.45, 7) is 2.44. The molecule has 7 nitrogen and oxygen atoms in total. The first kappa shape index (κ1) is 23.1. The van der Waals surface area contributed by atoms with Gasteiger partial charge in [0, 0.05) is 16.9 Å². The van der Waals surface area contributed by atoms with Gasteiger partial charge in [-0.3, -0.25) is 9.59 Å². The molecule has 0 saturated heterocycles. The van der Waals surface area contributed by atoms with Crippen LogP contribution in [0.25, 0.3) is 6.08 Å². The number of carbonyl (C=O) groups is 2. The number of nitriles is 1. The van der Waals surface area contributed by atoms with E-state index in [1.54, 1.807) is 79.9 Å². The molecule has 2 amide bonds. The fraction of sp³-hybridized carbons (Fsp3) is 0.115. The highest BCUT2D eigenvalue weighted by Crippen LogP contribution is 2.19. The second-order valence-electron chi connectivity index (χ2n) is 6.89. The van der Waals surface area contributed by atoms with Crippen molar-refractivity contribution in [2.75, 3.05) is 24.4 Å². The SMILES string of the molecule is CCOc1ccc(NC(=O)/C(C#N)=C/c2cccc(NC(=O)c3ccc(OC)cc3)c2)cc1. The van der Waals surface area contributed by atoms with Crippen LogP contribution in [0.2, 0.25) is 0 Å². The molecule has 7 heteroatoms. The Bertz CT molecular complexity index is 1190. The van der Waals surface area contributed by atoms with Crippen LogP contribution in [-0.4, -0.2) is 25.5 Å². The Hall–Kier alpha value is -4.57. The van der Waals surface area contributed by atoms with Crippen LogP contribution < -0.4 is 20.1 Å². The van der Waals surface area contributed by atoms with Gasteiger partial charge in [-0.25, -0.2) is 0 Å². The average molecular weight is 441 g/mol. The zero-order chi connectivity index (χ0) is 23.6. The molecule has 0 fully saturated rings. The number of amides is 2. The Balaban J connectivity index is 1.70. The maximum atomic E-state index is 12.5. The Morgan fingerprint density at radius 3 is 2.27 bits per heavy atom. The zero-order valence-electron chi connectivity index (χ0n) is 18.3. The number of rotatable bonds is 8. The molecular weight excluding hydrogens is 418 g/mol. The Kier molecular flexibility index (Phi) is 7.81. The third-order valence-electron chi connectivity index (χ3n) is 4.60. The van der Waals surface area contributed by atoms with E-state index in [4.69, 9.17) is 9.47 Å². The molecule has 0 aliphatic rings. The van der Waals surface area contributed by atoms with Crippen LogP contribution in [-0.2, 0) is 4.79 Å². The van der Waals surface area contributed by atoms with E-state index in [9.17, 15) is 14.9 Å². The number of benzene rings is 3. The van der Waals surface area contributed by atoms with Gasteiger partial charge in [-0.05, 0) is 79.2 Å². The third kappa shape index (κ3) is 6.45. The second-order valence-corrected chi connectivity index (χ2v) is 6.89. The van der Waals surface area contributed by atoms with Crippen molar-refractivity contribution in [2.45, 2.75) is 6.92 Å². The number of nitrogens with zero attached hydrogens (tertiary/aromatic N) is 1.